The van der Waals surface area contributed by atoms with Crippen molar-refractivity contribution in [3.8, 4) is 6.07 Å². The SMILES string of the molecule is N#Cc1ccc(Nc2nccc(Nc3c(F)cc(Br)cc3F)n2)cc1. The van der Waals surface area contributed by atoms with Crippen LogP contribution in [0.1, 0.15) is 5.56 Å². The van der Waals surface area contributed by atoms with Crippen molar-refractivity contribution in [2.75, 3.05) is 10.6 Å². The number of anilines is 4. The molecule has 3 aromatic rings. The average molecular weight is 402 g/mol. The number of halogens is 3. The first-order valence-electron chi connectivity index (χ1n) is 7.07. The van der Waals surface area contributed by atoms with Gasteiger partial charge in [0.05, 0.1) is 11.6 Å². The maximum Gasteiger partial charge on any atom is 0.229 e. The van der Waals surface area contributed by atoms with Gasteiger partial charge in [-0.1, -0.05) is 15.9 Å². The minimum Gasteiger partial charge on any atom is -0.335 e. The Balaban J connectivity index is 1.81. The minimum atomic E-state index is -0.743. The van der Waals surface area contributed by atoms with Crippen molar-refractivity contribution in [3.05, 3.63) is 70.3 Å². The van der Waals surface area contributed by atoms with Gasteiger partial charge in [-0.3, -0.25) is 0 Å². The van der Waals surface area contributed by atoms with Gasteiger partial charge >= 0.3 is 0 Å². The van der Waals surface area contributed by atoms with Gasteiger partial charge in [0, 0.05) is 16.4 Å². The lowest BCUT2D eigenvalue weighted by Gasteiger charge is -2.10. The highest BCUT2D eigenvalue weighted by Crippen LogP contribution is 2.26. The first kappa shape index (κ1) is 16.8. The molecule has 1 aromatic heterocycles. The summed E-state index contributed by atoms with van der Waals surface area (Å²) < 4.78 is 28.1. The third-order valence-corrected chi connectivity index (χ3v) is 3.64. The smallest absolute Gasteiger partial charge is 0.229 e. The molecule has 8 heteroatoms. The van der Waals surface area contributed by atoms with Crippen LogP contribution in [0, 0.1) is 23.0 Å². The van der Waals surface area contributed by atoms with Crippen LogP contribution < -0.4 is 10.6 Å². The van der Waals surface area contributed by atoms with Crippen LogP contribution >= 0.6 is 15.9 Å². The van der Waals surface area contributed by atoms with Gasteiger partial charge in [0.1, 0.15) is 11.5 Å². The molecule has 25 heavy (non-hydrogen) atoms. The van der Waals surface area contributed by atoms with Crippen LogP contribution in [0.3, 0.4) is 0 Å². The minimum absolute atomic E-state index is 0.228. The maximum absolute atomic E-state index is 13.9. The molecule has 5 nitrogen and oxygen atoms in total. The molecular formula is C17H10BrF2N5. The zero-order valence-electron chi connectivity index (χ0n) is 12.6. The van der Waals surface area contributed by atoms with E-state index in [9.17, 15) is 8.78 Å². The predicted octanol–water partition coefficient (Wildman–Crippen LogP) is 4.88. The molecule has 0 amide bonds. The molecule has 1 heterocycles. The molecule has 0 fully saturated rings. The van der Waals surface area contributed by atoms with E-state index in [-0.39, 0.29) is 17.5 Å². The second kappa shape index (κ2) is 7.23. The van der Waals surface area contributed by atoms with Crippen molar-refractivity contribution in [3.63, 3.8) is 0 Å². The standard InChI is InChI=1S/C17H10BrF2N5/c18-11-7-13(19)16(14(20)8-11)24-15-5-6-22-17(25-15)23-12-3-1-10(9-21)2-4-12/h1-8H,(H2,22,23,24,25). The Morgan fingerprint density at radius 2 is 1.68 bits per heavy atom. The number of aromatic nitrogens is 2. The van der Waals surface area contributed by atoms with Crippen LogP contribution in [0.2, 0.25) is 0 Å². The fourth-order valence-electron chi connectivity index (χ4n) is 2.04. The van der Waals surface area contributed by atoms with Crippen LogP contribution in [0.25, 0.3) is 0 Å². The number of hydrogen-bond acceptors (Lipinski definition) is 5. The van der Waals surface area contributed by atoms with Crippen molar-refractivity contribution < 1.29 is 8.78 Å². The number of nitrogens with one attached hydrogen (secondary N) is 2. The van der Waals surface area contributed by atoms with Gasteiger partial charge in [-0.2, -0.15) is 10.2 Å². The number of nitrogens with zero attached hydrogens (tertiary/aromatic N) is 3. The molecule has 124 valence electrons. The predicted molar refractivity (Wildman–Crippen MR) is 93.8 cm³/mol. The Morgan fingerprint density at radius 3 is 2.32 bits per heavy atom. The van der Waals surface area contributed by atoms with Crippen LogP contribution in [-0.4, -0.2) is 9.97 Å². The maximum atomic E-state index is 13.9. The van der Waals surface area contributed by atoms with Crippen LogP contribution in [0.15, 0.2) is 53.1 Å². The molecule has 0 aliphatic carbocycles. The van der Waals surface area contributed by atoms with Crippen molar-refractivity contribution in [2.24, 2.45) is 0 Å². The molecule has 0 atom stereocenters. The van der Waals surface area contributed by atoms with Crippen molar-refractivity contribution in [1.82, 2.24) is 9.97 Å². The summed E-state index contributed by atoms with van der Waals surface area (Å²) in [5, 5.41) is 14.3. The molecular weight excluding hydrogens is 392 g/mol. The van der Waals surface area contributed by atoms with Crippen LogP contribution in [0.4, 0.5) is 31.9 Å². The van der Waals surface area contributed by atoms with E-state index in [2.05, 4.69) is 36.5 Å². The molecule has 0 spiro atoms. The Morgan fingerprint density at radius 1 is 1.00 bits per heavy atom. The summed E-state index contributed by atoms with van der Waals surface area (Å²) >= 11 is 3.03. The van der Waals surface area contributed by atoms with E-state index in [0.29, 0.717) is 15.7 Å². The summed E-state index contributed by atoms with van der Waals surface area (Å²) in [7, 11) is 0. The summed E-state index contributed by atoms with van der Waals surface area (Å²) in [6.45, 7) is 0. The quantitative estimate of drug-likeness (QED) is 0.651. The van der Waals surface area contributed by atoms with E-state index in [1.54, 1.807) is 24.3 Å². The molecule has 0 saturated carbocycles. The zero-order chi connectivity index (χ0) is 17.8. The van der Waals surface area contributed by atoms with Gasteiger partial charge in [0.2, 0.25) is 5.95 Å². The zero-order valence-corrected chi connectivity index (χ0v) is 14.2. The van der Waals surface area contributed by atoms with Crippen LogP contribution in [0.5, 0.6) is 0 Å². The van der Waals surface area contributed by atoms with Gasteiger partial charge in [0.15, 0.2) is 11.6 Å². The Bertz CT molecular complexity index is 931. The topological polar surface area (TPSA) is 73.6 Å². The molecule has 3 rings (SSSR count). The summed E-state index contributed by atoms with van der Waals surface area (Å²) in [6, 6.07) is 12.5. The molecule has 0 radical (unpaired) electrons. The number of nitriles is 1. The van der Waals surface area contributed by atoms with Gasteiger partial charge in [-0.15, -0.1) is 0 Å². The fraction of sp³-hybridized carbons (Fsp3) is 0. The molecule has 0 unspecified atom stereocenters. The van der Waals surface area contributed by atoms with Crippen molar-refractivity contribution >= 4 is 39.1 Å². The Labute approximate surface area is 150 Å². The highest BCUT2D eigenvalue weighted by Gasteiger charge is 2.12. The third-order valence-electron chi connectivity index (χ3n) is 3.19. The Hall–Kier alpha value is -3.05. The van der Waals surface area contributed by atoms with Crippen molar-refractivity contribution in [2.45, 2.75) is 0 Å². The second-order valence-electron chi connectivity index (χ2n) is 4.95. The number of rotatable bonds is 4. The second-order valence-corrected chi connectivity index (χ2v) is 5.86. The molecule has 0 aliphatic heterocycles. The lowest BCUT2D eigenvalue weighted by Crippen LogP contribution is -2.03. The van der Waals surface area contributed by atoms with Gasteiger partial charge < -0.3 is 10.6 Å². The molecule has 0 aliphatic rings. The summed E-state index contributed by atoms with van der Waals surface area (Å²) in [6.07, 6.45) is 1.45. The summed E-state index contributed by atoms with van der Waals surface area (Å²) in [5.74, 6) is -1.02. The summed E-state index contributed by atoms with van der Waals surface area (Å²) in [4.78, 5) is 8.22. The molecule has 2 N–H and O–H groups in total. The van der Waals surface area contributed by atoms with E-state index < -0.39 is 11.6 Å². The van der Waals surface area contributed by atoms with Crippen LogP contribution in [-0.2, 0) is 0 Å². The van der Waals surface area contributed by atoms with Gasteiger partial charge in [0.25, 0.3) is 0 Å². The van der Waals surface area contributed by atoms with Gasteiger partial charge in [-0.25, -0.2) is 13.8 Å². The van der Waals surface area contributed by atoms with E-state index in [4.69, 9.17) is 5.26 Å². The van der Waals surface area contributed by atoms with Crippen molar-refractivity contribution in [1.29, 1.82) is 5.26 Å². The largest absolute Gasteiger partial charge is 0.335 e. The first-order valence-corrected chi connectivity index (χ1v) is 7.86. The highest BCUT2D eigenvalue weighted by molar-refractivity contribution is 9.10. The normalized spacial score (nSPS) is 10.2. The fourth-order valence-corrected chi connectivity index (χ4v) is 2.44. The van der Waals surface area contributed by atoms with Gasteiger partial charge in [-0.05, 0) is 42.5 Å². The molecule has 0 saturated heterocycles. The Kier molecular flexibility index (Phi) is 4.86. The number of hydrogen-bond donors (Lipinski definition) is 2. The first-order chi connectivity index (χ1) is 12.0. The highest BCUT2D eigenvalue weighted by atomic mass is 79.9. The average Bonchev–Trinajstić information content (AvgIpc) is 2.59. The third kappa shape index (κ3) is 4.08. The number of benzene rings is 2. The van der Waals surface area contributed by atoms with E-state index >= 15 is 0 Å². The summed E-state index contributed by atoms with van der Waals surface area (Å²) in [5.41, 5.74) is 0.909. The van der Waals surface area contributed by atoms with E-state index in [1.807, 2.05) is 6.07 Å². The van der Waals surface area contributed by atoms with E-state index in [0.717, 1.165) is 12.1 Å². The lowest BCUT2D eigenvalue weighted by atomic mass is 10.2. The lowest BCUT2D eigenvalue weighted by molar-refractivity contribution is 0.589. The molecule has 0 bridgehead atoms. The monoisotopic (exact) mass is 401 g/mol. The van der Waals surface area contributed by atoms with E-state index in [1.165, 1.54) is 12.3 Å². The molecule has 2 aromatic carbocycles.